The van der Waals surface area contributed by atoms with Gasteiger partial charge in [0, 0.05) is 7.05 Å². The molecule has 0 aliphatic carbocycles. The van der Waals surface area contributed by atoms with Crippen molar-refractivity contribution in [1.29, 1.82) is 0 Å². The predicted octanol–water partition coefficient (Wildman–Crippen LogP) is 3.01. The van der Waals surface area contributed by atoms with Crippen molar-refractivity contribution in [3.8, 4) is 11.6 Å². The molecule has 0 unspecified atom stereocenters. The molecule has 0 fully saturated rings. The minimum Gasteiger partial charge on any atom is -0.432 e. The third-order valence-corrected chi connectivity index (χ3v) is 2.55. The number of ether oxygens (including phenoxy) is 1. The molecule has 104 valence electrons. The Labute approximate surface area is 117 Å². The number of hydrogen-bond acceptors (Lipinski definition) is 6. The van der Waals surface area contributed by atoms with Crippen LogP contribution in [0.25, 0.3) is 0 Å². The summed E-state index contributed by atoms with van der Waals surface area (Å²) in [6, 6.07) is 3.40. The monoisotopic (exact) mass is 298 g/mol. The van der Waals surface area contributed by atoms with Crippen LogP contribution in [0.5, 0.6) is 11.6 Å². The van der Waals surface area contributed by atoms with Gasteiger partial charge in [-0.15, -0.1) is 0 Å². The summed E-state index contributed by atoms with van der Waals surface area (Å²) in [5.41, 5.74) is -0.426. The predicted molar refractivity (Wildman–Crippen MR) is 69.7 cm³/mol. The average molecular weight is 299 g/mol. The first-order valence-corrected chi connectivity index (χ1v) is 5.71. The molecule has 0 radical (unpaired) electrons. The summed E-state index contributed by atoms with van der Waals surface area (Å²) in [5, 5.41) is 13.5. The molecule has 20 heavy (non-hydrogen) atoms. The van der Waals surface area contributed by atoms with Crippen molar-refractivity contribution in [3.63, 3.8) is 0 Å². The van der Waals surface area contributed by atoms with Crippen molar-refractivity contribution >= 4 is 23.2 Å². The van der Waals surface area contributed by atoms with Crippen LogP contribution in [0.2, 0.25) is 5.02 Å². The van der Waals surface area contributed by atoms with Crippen LogP contribution in [0.3, 0.4) is 0 Å². The van der Waals surface area contributed by atoms with E-state index in [1.165, 1.54) is 6.07 Å². The minimum absolute atomic E-state index is 0.0242. The Kier molecular flexibility index (Phi) is 3.94. The van der Waals surface area contributed by atoms with E-state index >= 15 is 0 Å². The summed E-state index contributed by atoms with van der Waals surface area (Å²) in [7, 11) is 1.55. The average Bonchev–Trinajstić information content (AvgIpc) is 2.41. The zero-order valence-corrected chi connectivity index (χ0v) is 10.9. The summed E-state index contributed by atoms with van der Waals surface area (Å²) >= 11 is 5.79. The first-order valence-electron chi connectivity index (χ1n) is 5.33. The topological polar surface area (TPSA) is 90.2 Å². The normalized spacial score (nSPS) is 10.2. The van der Waals surface area contributed by atoms with Crippen LogP contribution in [0.15, 0.2) is 24.4 Å². The minimum atomic E-state index is -0.688. The quantitative estimate of drug-likeness (QED) is 0.689. The van der Waals surface area contributed by atoms with Crippen LogP contribution in [0.4, 0.5) is 16.0 Å². The Morgan fingerprint density at radius 3 is 2.85 bits per heavy atom. The molecule has 0 amide bonds. The van der Waals surface area contributed by atoms with Gasteiger partial charge in [-0.1, -0.05) is 11.6 Å². The Morgan fingerprint density at radius 2 is 2.25 bits per heavy atom. The van der Waals surface area contributed by atoms with Crippen LogP contribution >= 0.6 is 11.6 Å². The lowest BCUT2D eigenvalue weighted by Gasteiger charge is -2.07. The number of nitrogens with zero attached hydrogens (tertiary/aromatic N) is 3. The zero-order chi connectivity index (χ0) is 14.7. The maximum Gasteiger partial charge on any atom is 0.349 e. The lowest BCUT2D eigenvalue weighted by molar-refractivity contribution is -0.386. The summed E-state index contributed by atoms with van der Waals surface area (Å²) in [6.07, 6.45) is 1.01. The van der Waals surface area contributed by atoms with E-state index in [2.05, 4.69) is 15.3 Å². The molecule has 0 saturated carbocycles. The number of anilines is 1. The lowest BCUT2D eigenvalue weighted by Crippen LogP contribution is -2.02. The molecule has 1 heterocycles. The van der Waals surface area contributed by atoms with E-state index < -0.39 is 16.4 Å². The molecular formula is C11H8ClFN4O3. The van der Waals surface area contributed by atoms with Gasteiger partial charge in [0.2, 0.25) is 5.95 Å². The maximum absolute atomic E-state index is 12.9. The Hall–Kier alpha value is -2.48. The van der Waals surface area contributed by atoms with Gasteiger partial charge in [0.25, 0.3) is 0 Å². The van der Waals surface area contributed by atoms with Crippen LogP contribution in [0, 0.1) is 15.9 Å². The third kappa shape index (κ3) is 2.91. The summed E-state index contributed by atoms with van der Waals surface area (Å²) < 4.78 is 18.2. The summed E-state index contributed by atoms with van der Waals surface area (Å²) in [4.78, 5) is 17.7. The van der Waals surface area contributed by atoms with E-state index in [-0.39, 0.29) is 22.6 Å². The number of halogens is 2. The fraction of sp³-hybridized carbons (Fsp3) is 0.0909. The molecule has 9 heteroatoms. The van der Waals surface area contributed by atoms with E-state index in [1.807, 2.05) is 0 Å². The standard InChI is InChI=1S/C11H8ClFN4O3/c1-14-11-15-5-8(17(18)19)10(16-11)20-9-3-2-6(13)4-7(9)12/h2-5H,1H3,(H,14,15,16). The molecule has 7 nitrogen and oxygen atoms in total. The first-order chi connectivity index (χ1) is 9.51. The molecular weight excluding hydrogens is 291 g/mol. The second-order valence-corrected chi connectivity index (χ2v) is 3.98. The van der Waals surface area contributed by atoms with E-state index in [0.29, 0.717) is 0 Å². The van der Waals surface area contributed by atoms with Gasteiger partial charge in [0.1, 0.15) is 17.8 Å². The van der Waals surface area contributed by atoms with Crippen molar-refractivity contribution in [2.45, 2.75) is 0 Å². The van der Waals surface area contributed by atoms with Crippen molar-refractivity contribution in [2.75, 3.05) is 12.4 Å². The number of benzene rings is 1. The fourth-order valence-corrected chi connectivity index (χ4v) is 1.55. The largest absolute Gasteiger partial charge is 0.432 e. The molecule has 0 aliphatic heterocycles. The van der Waals surface area contributed by atoms with Gasteiger partial charge in [0.15, 0.2) is 0 Å². The Morgan fingerprint density at radius 1 is 1.50 bits per heavy atom. The second-order valence-electron chi connectivity index (χ2n) is 3.57. The van der Waals surface area contributed by atoms with Gasteiger partial charge >= 0.3 is 11.6 Å². The smallest absolute Gasteiger partial charge is 0.349 e. The van der Waals surface area contributed by atoms with Crippen LogP contribution in [-0.2, 0) is 0 Å². The number of nitro groups is 1. The highest BCUT2D eigenvalue weighted by Crippen LogP contribution is 2.33. The molecule has 1 N–H and O–H groups in total. The summed E-state index contributed by atoms with van der Waals surface area (Å²) in [6.45, 7) is 0. The number of rotatable bonds is 4. The highest BCUT2D eigenvalue weighted by molar-refractivity contribution is 6.32. The van der Waals surface area contributed by atoms with Gasteiger partial charge in [-0.3, -0.25) is 10.1 Å². The van der Waals surface area contributed by atoms with E-state index in [1.54, 1.807) is 7.05 Å². The highest BCUT2D eigenvalue weighted by atomic mass is 35.5. The Bertz CT molecular complexity index is 668. The van der Waals surface area contributed by atoms with Crippen molar-refractivity contribution in [2.24, 2.45) is 0 Å². The van der Waals surface area contributed by atoms with E-state index in [9.17, 15) is 14.5 Å². The number of hydrogen-bond donors (Lipinski definition) is 1. The molecule has 1 aromatic carbocycles. The lowest BCUT2D eigenvalue weighted by atomic mass is 10.3. The molecule has 0 atom stereocenters. The van der Waals surface area contributed by atoms with Crippen LogP contribution < -0.4 is 10.1 Å². The van der Waals surface area contributed by atoms with E-state index in [0.717, 1.165) is 18.3 Å². The zero-order valence-electron chi connectivity index (χ0n) is 10.1. The Balaban J connectivity index is 2.43. The fourth-order valence-electron chi connectivity index (χ4n) is 1.34. The number of nitrogens with one attached hydrogen (secondary N) is 1. The van der Waals surface area contributed by atoms with Gasteiger partial charge in [0.05, 0.1) is 9.95 Å². The van der Waals surface area contributed by atoms with Gasteiger partial charge in [-0.25, -0.2) is 9.37 Å². The van der Waals surface area contributed by atoms with Crippen molar-refractivity contribution in [1.82, 2.24) is 9.97 Å². The summed E-state index contributed by atoms with van der Waals surface area (Å²) in [5.74, 6) is -0.640. The van der Waals surface area contributed by atoms with Crippen LogP contribution in [-0.4, -0.2) is 21.9 Å². The molecule has 0 spiro atoms. The SMILES string of the molecule is CNc1ncc([N+](=O)[O-])c(Oc2ccc(F)cc2Cl)n1. The first kappa shape index (κ1) is 13.9. The molecule has 1 aromatic heterocycles. The van der Waals surface area contributed by atoms with Gasteiger partial charge < -0.3 is 10.1 Å². The number of aromatic nitrogens is 2. The molecule has 0 saturated heterocycles. The van der Waals surface area contributed by atoms with Crippen LogP contribution in [0.1, 0.15) is 0 Å². The van der Waals surface area contributed by atoms with Gasteiger partial charge in [-0.05, 0) is 18.2 Å². The second kappa shape index (κ2) is 5.66. The molecule has 2 rings (SSSR count). The maximum atomic E-state index is 12.9. The van der Waals surface area contributed by atoms with E-state index in [4.69, 9.17) is 16.3 Å². The van der Waals surface area contributed by atoms with Gasteiger partial charge in [-0.2, -0.15) is 4.98 Å². The van der Waals surface area contributed by atoms with Crippen molar-refractivity contribution < 1.29 is 14.1 Å². The molecule has 0 bridgehead atoms. The van der Waals surface area contributed by atoms with Crippen molar-refractivity contribution in [3.05, 3.63) is 45.4 Å². The molecule has 0 aliphatic rings. The third-order valence-electron chi connectivity index (χ3n) is 2.26. The molecule has 2 aromatic rings. The highest BCUT2D eigenvalue weighted by Gasteiger charge is 2.20.